The van der Waals surface area contributed by atoms with Crippen molar-refractivity contribution in [2.75, 3.05) is 25.0 Å². The number of hydrogen-bond donors (Lipinski definition) is 2. The van der Waals surface area contributed by atoms with Gasteiger partial charge in [-0.05, 0) is 49.7 Å². The van der Waals surface area contributed by atoms with Crippen LogP contribution < -0.4 is 14.8 Å². The van der Waals surface area contributed by atoms with Crippen LogP contribution in [0.1, 0.15) is 12.5 Å². The van der Waals surface area contributed by atoms with Gasteiger partial charge in [-0.1, -0.05) is 18.2 Å². The first-order chi connectivity index (χ1) is 12.8. The highest BCUT2D eigenvalue weighted by Crippen LogP contribution is 2.21. The molecule has 0 aromatic heterocycles. The first-order valence-electron chi connectivity index (χ1n) is 8.41. The van der Waals surface area contributed by atoms with E-state index in [1.807, 2.05) is 26.0 Å². The van der Waals surface area contributed by atoms with Crippen molar-refractivity contribution in [2.45, 2.75) is 24.8 Å². The molecule has 0 saturated heterocycles. The van der Waals surface area contributed by atoms with E-state index < -0.39 is 10.0 Å². The summed E-state index contributed by atoms with van der Waals surface area (Å²) < 4.78 is 37.9. The number of sulfonamides is 1. The van der Waals surface area contributed by atoms with Crippen LogP contribution in [0.25, 0.3) is 0 Å². The number of rotatable bonds is 9. The van der Waals surface area contributed by atoms with Gasteiger partial charge in [0.25, 0.3) is 15.9 Å². The molecule has 7 nitrogen and oxygen atoms in total. The zero-order valence-electron chi connectivity index (χ0n) is 15.6. The molecule has 0 bridgehead atoms. The minimum Gasteiger partial charge on any atom is -0.484 e. The molecule has 0 aliphatic heterocycles. The van der Waals surface area contributed by atoms with Crippen LogP contribution in [0.5, 0.6) is 5.75 Å². The molecule has 0 radical (unpaired) electrons. The van der Waals surface area contributed by atoms with Gasteiger partial charge < -0.3 is 14.8 Å². The van der Waals surface area contributed by atoms with Crippen LogP contribution in [0.15, 0.2) is 53.4 Å². The Bertz CT molecular complexity index is 866. The van der Waals surface area contributed by atoms with Crippen LogP contribution in [0.2, 0.25) is 0 Å². The lowest BCUT2D eigenvalue weighted by Crippen LogP contribution is -2.38. The molecular formula is C19H24N2O5S. The topological polar surface area (TPSA) is 93.7 Å². The van der Waals surface area contributed by atoms with Crippen molar-refractivity contribution in [3.63, 3.8) is 0 Å². The zero-order chi connectivity index (χ0) is 19.9. The number of ether oxygens (including phenoxy) is 2. The molecule has 0 unspecified atom stereocenters. The lowest BCUT2D eigenvalue weighted by atomic mass is 10.2. The molecule has 2 aromatic rings. The van der Waals surface area contributed by atoms with Crippen LogP contribution in [0.4, 0.5) is 5.69 Å². The van der Waals surface area contributed by atoms with E-state index in [1.54, 1.807) is 19.2 Å². The lowest BCUT2D eigenvalue weighted by molar-refractivity contribution is -0.124. The monoisotopic (exact) mass is 392 g/mol. The summed E-state index contributed by atoms with van der Waals surface area (Å²) in [5, 5.41) is 2.72. The molecule has 146 valence electrons. The summed E-state index contributed by atoms with van der Waals surface area (Å²) in [7, 11) is -2.15. The van der Waals surface area contributed by atoms with E-state index in [1.165, 1.54) is 24.3 Å². The van der Waals surface area contributed by atoms with Crippen LogP contribution >= 0.6 is 0 Å². The SMILES string of the molecule is COC[C@@H](C)NC(=O)COc1ccc(S(=O)(=O)Nc2ccccc2C)cc1. The van der Waals surface area contributed by atoms with Gasteiger partial charge in [-0.25, -0.2) is 8.42 Å². The van der Waals surface area contributed by atoms with Gasteiger partial charge in [-0.2, -0.15) is 0 Å². The van der Waals surface area contributed by atoms with Gasteiger partial charge in [0.2, 0.25) is 0 Å². The molecule has 0 heterocycles. The molecule has 0 aliphatic rings. The van der Waals surface area contributed by atoms with Crippen molar-refractivity contribution in [1.29, 1.82) is 0 Å². The van der Waals surface area contributed by atoms with Gasteiger partial charge >= 0.3 is 0 Å². The van der Waals surface area contributed by atoms with Crippen molar-refractivity contribution in [1.82, 2.24) is 5.32 Å². The highest BCUT2D eigenvalue weighted by atomic mass is 32.2. The van der Waals surface area contributed by atoms with Gasteiger partial charge in [-0.3, -0.25) is 9.52 Å². The Hall–Kier alpha value is -2.58. The average molecular weight is 392 g/mol. The summed E-state index contributed by atoms with van der Waals surface area (Å²) in [5.74, 6) is 0.122. The Morgan fingerprint density at radius 2 is 1.78 bits per heavy atom. The molecule has 1 amide bonds. The van der Waals surface area contributed by atoms with Crippen molar-refractivity contribution in [3.05, 3.63) is 54.1 Å². The third-order valence-electron chi connectivity index (χ3n) is 3.72. The summed E-state index contributed by atoms with van der Waals surface area (Å²) in [5.41, 5.74) is 1.36. The molecular weight excluding hydrogens is 368 g/mol. The van der Waals surface area contributed by atoms with Crippen molar-refractivity contribution >= 4 is 21.6 Å². The van der Waals surface area contributed by atoms with Crippen LogP contribution in [0.3, 0.4) is 0 Å². The molecule has 1 atom stereocenters. The van der Waals surface area contributed by atoms with E-state index in [-0.39, 0.29) is 23.5 Å². The predicted octanol–water partition coefficient (Wildman–Crippen LogP) is 2.33. The molecule has 2 aromatic carbocycles. The number of methoxy groups -OCH3 is 1. The van der Waals surface area contributed by atoms with Gasteiger partial charge in [0.15, 0.2) is 6.61 Å². The van der Waals surface area contributed by atoms with Crippen molar-refractivity contribution in [3.8, 4) is 5.75 Å². The number of anilines is 1. The van der Waals surface area contributed by atoms with Crippen molar-refractivity contribution < 1.29 is 22.7 Å². The zero-order valence-corrected chi connectivity index (χ0v) is 16.4. The second-order valence-corrected chi connectivity index (χ2v) is 7.79. The van der Waals surface area contributed by atoms with E-state index in [0.717, 1.165) is 5.56 Å². The van der Waals surface area contributed by atoms with Crippen molar-refractivity contribution in [2.24, 2.45) is 0 Å². The Balaban J connectivity index is 1.96. The number of para-hydroxylation sites is 1. The highest BCUT2D eigenvalue weighted by Gasteiger charge is 2.15. The van der Waals surface area contributed by atoms with E-state index in [2.05, 4.69) is 10.0 Å². The maximum absolute atomic E-state index is 12.5. The van der Waals surface area contributed by atoms with Gasteiger partial charge in [-0.15, -0.1) is 0 Å². The number of carbonyl (C=O) groups excluding carboxylic acids is 1. The standard InChI is InChI=1S/C19H24N2O5S/c1-14-6-4-5-7-18(14)21-27(23,24)17-10-8-16(9-11-17)26-13-19(22)20-15(2)12-25-3/h4-11,15,21H,12-13H2,1-3H3,(H,20,22)/t15-/m1/s1. The van der Waals surface area contributed by atoms with E-state index >= 15 is 0 Å². The summed E-state index contributed by atoms with van der Waals surface area (Å²) in [6.45, 7) is 3.89. The fourth-order valence-corrected chi connectivity index (χ4v) is 3.49. The Kier molecular flexibility index (Phi) is 7.20. The molecule has 8 heteroatoms. The quantitative estimate of drug-likeness (QED) is 0.683. The lowest BCUT2D eigenvalue weighted by Gasteiger charge is -2.13. The maximum atomic E-state index is 12.5. The smallest absolute Gasteiger partial charge is 0.261 e. The maximum Gasteiger partial charge on any atom is 0.261 e. The van der Waals surface area contributed by atoms with Gasteiger partial charge in [0.1, 0.15) is 5.75 Å². The normalized spacial score (nSPS) is 12.3. The van der Waals surface area contributed by atoms with E-state index in [9.17, 15) is 13.2 Å². The predicted molar refractivity (Wildman–Crippen MR) is 103 cm³/mol. The van der Waals surface area contributed by atoms with Gasteiger partial charge in [0, 0.05) is 13.2 Å². The summed E-state index contributed by atoms with van der Waals surface area (Å²) >= 11 is 0. The minimum atomic E-state index is -3.70. The highest BCUT2D eigenvalue weighted by molar-refractivity contribution is 7.92. The van der Waals surface area contributed by atoms with Crippen LogP contribution in [-0.4, -0.2) is 40.7 Å². The second kappa shape index (κ2) is 9.38. The fourth-order valence-electron chi connectivity index (χ4n) is 2.36. The number of benzene rings is 2. The molecule has 0 aliphatic carbocycles. The first kappa shape index (κ1) is 20.7. The average Bonchev–Trinajstić information content (AvgIpc) is 2.62. The summed E-state index contributed by atoms with van der Waals surface area (Å²) in [6.07, 6.45) is 0. The number of hydrogen-bond acceptors (Lipinski definition) is 5. The first-order valence-corrected chi connectivity index (χ1v) is 9.90. The molecule has 2 rings (SSSR count). The number of nitrogens with one attached hydrogen (secondary N) is 2. The largest absolute Gasteiger partial charge is 0.484 e. The summed E-state index contributed by atoms with van der Waals surface area (Å²) in [6, 6.07) is 12.9. The molecule has 0 fully saturated rings. The van der Waals surface area contributed by atoms with Crippen LogP contribution in [-0.2, 0) is 19.6 Å². The molecule has 0 spiro atoms. The van der Waals surface area contributed by atoms with E-state index in [4.69, 9.17) is 9.47 Å². The minimum absolute atomic E-state index is 0.108. The third-order valence-corrected chi connectivity index (χ3v) is 5.10. The number of aryl methyl sites for hydroxylation is 1. The Morgan fingerprint density at radius 3 is 2.41 bits per heavy atom. The molecule has 27 heavy (non-hydrogen) atoms. The third kappa shape index (κ3) is 6.26. The Labute approximate surface area is 159 Å². The Morgan fingerprint density at radius 1 is 1.11 bits per heavy atom. The fraction of sp³-hybridized carbons (Fsp3) is 0.316. The molecule has 2 N–H and O–H groups in total. The number of carbonyl (C=O) groups is 1. The summed E-state index contributed by atoms with van der Waals surface area (Å²) in [4.78, 5) is 11.9. The van der Waals surface area contributed by atoms with Gasteiger partial charge in [0.05, 0.1) is 17.2 Å². The molecule has 0 saturated carbocycles. The van der Waals surface area contributed by atoms with Crippen LogP contribution in [0, 0.1) is 6.92 Å². The number of amides is 1. The van der Waals surface area contributed by atoms with E-state index in [0.29, 0.717) is 18.0 Å². The second-order valence-electron chi connectivity index (χ2n) is 6.10.